The SMILES string of the molecule is O=C(NCC1CCCS1)c1ccc(Br)cn1. The molecule has 1 atom stereocenters. The lowest BCUT2D eigenvalue weighted by atomic mass is 10.2. The molecule has 0 saturated carbocycles. The number of amides is 1. The van der Waals surface area contributed by atoms with Gasteiger partial charge in [-0.3, -0.25) is 4.79 Å². The molecule has 0 spiro atoms. The summed E-state index contributed by atoms with van der Waals surface area (Å²) < 4.78 is 0.885. The maximum atomic E-state index is 11.7. The predicted molar refractivity (Wildman–Crippen MR) is 69.8 cm³/mol. The van der Waals surface area contributed by atoms with Crippen LogP contribution in [0.3, 0.4) is 0 Å². The van der Waals surface area contributed by atoms with Gasteiger partial charge in [-0.2, -0.15) is 11.8 Å². The Labute approximate surface area is 108 Å². The predicted octanol–water partition coefficient (Wildman–Crippen LogP) is 2.47. The zero-order valence-corrected chi connectivity index (χ0v) is 11.2. The van der Waals surface area contributed by atoms with Crippen molar-refractivity contribution in [2.45, 2.75) is 18.1 Å². The second-order valence-corrected chi connectivity index (χ2v) is 6.03. The van der Waals surface area contributed by atoms with Crippen molar-refractivity contribution in [1.82, 2.24) is 10.3 Å². The lowest BCUT2D eigenvalue weighted by Gasteiger charge is -2.09. The van der Waals surface area contributed by atoms with E-state index in [4.69, 9.17) is 0 Å². The van der Waals surface area contributed by atoms with Gasteiger partial charge in [0.2, 0.25) is 0 Å². The molecule has 86 valence electrons. The van der Waals surface area contributed by atoms with Crippen molar-refractivity contribution in [2.24, 2.45) is 0 Å². The van der Waals surface area contributed by atoms with Crippen molar-refractivity contribution in [3.05, 3.63) is 28.5 Å². The molecule has 0 bridgehead atoms. The molecule has 0 aromatic carbocycles. The molecule has 2 heterocycles. The molecule has 16 heavy (non-hydrogen) atoms. The molecule has 3 nitrogen and oxygen atoms in total. The highest BCUT2D eigenvalue weighted by atomic mass is 79.9. The zero-order valence-electron chi connectivity index (χ0n) is 8.78. The summed E-state index contributed by atoms with van der Waals surface area (Å²) in [4.78, 5) is 15.8. The van der Waals surface area contributed by atoms with Gasteiger partial charge >= 0.3 is 0 Å². The fourth-order valence-electron chi connectivity index (χ4n) is 1.61. The molecule has 1 N–H and O–H groups in total. The topological polar surface area (TPSA) is 42.0 Å². The second-order valence-electron chi connectivity index (χ2n) is 3.71. The Bertz CT molecular complexity index is 363. The van der Waals surface area contributed by atoms with E-state index >= 15 is 0 Å². The van der Waals surface area contributed by atoms with Crippen LogP contribution in [0.25, 0.3) is 0 Å². The molecular formula is C11H13BrN2OS. The monoisotopic (exact) mass is 300 g/mol. The fraction of sp³-hybridized carbons (Fsp3) is 0.455. The van der Waals surface area contributed by atoms with Gasteiger partial charge in [0.25, 0.3) is 5.91 Å². The van der Waals surface area contributed by atoms with Crippen LogP contribution in [-0.2, 0) is 0 Å². The smallest absolute Gasteiger partial charge is 0.269 e. The number of hydrogen-bond donors (Lipinski definition) is 1. The van der Waals surface area contributed by atoms with E-state index < -0.39 is 0 Å². The Balaban J connectivity index is 1.85. The summed E-state index contributed by atoms with van der Waals surface area (Å²) in [7, 11) is 0. The molecule has 0 aliphatic carbocycles. The Hall–Kier alpha value is -0.550. The number of thioether (sulfide) groups is 1. The zero-order chi connectivity index (χ0) is 11.4. The number of aromatic nitrogens is 1. The van der Waals surface area contributed by atoms with Crippen LogP contribution in [-0.4, -0.2) is 28.4 Å². The van der Waals surface area contributed by atoms with E-state index in [2.05, 4.69) is 26.2 Å². The summed E-state index contributed by atoms with van der Waals surface area (Å²) in [6, 6.07) is 3.55. The van der Waals surface area contributed by atoms with E-state index in [-0.39, 0.29) is 5.91 Å². The molecule has 5 heteroatoms. The van der Waals surface area contributed by atoms with Crippen LogP contribution in [0.1, 0.15) is 23.3 Å². The van der Waals surface area contributed by atoms with Gasteiger partial charge in [-0.05, 0) is 46.7 Å². The summed E-state index contributed by atoms with van der Waals surface area (Å²) in [5.74, 6) is 1.14. The van der Waals surface area contributed by atoms with Gasteiger partial charge in [-0.25, -0.2) is 4.98 Å². The molecule has 1 fully saturated rings. The Kier molecular flexibility index (Phi) is 4.23. The summed E-state index contributed by atoms with van der Waals surface area (Å²) in [5.41, 5.74) is 0.478. The molecule has 1 amide bonds. The third kappa shape index (κ3) is 3.22. The second kappa shape index (κ2) is 5.68. The summed E-state index contributed by atoms with van der Waals surface area (Å²) in [6.45, 7) is 0.751. The van der Waals surface area contributed by atoms with Crippen LogP contribution in [0.15, 0.2) is 22.8 Å². The maximum Gasteiger partial charge on any atom is 0.269 e. The van der Waals surface area contributed by atoms with Gasteiger partial charge < -0.3 is 5.32 Å². The first-order valence-corrected chi connectivity index (χ1v) is 7.11. The minimum atomic E-state index is -0.0833. The van der Waals surface area contributed by atoms with Crippen molar-refractivity contribution < 1.29 is 4.79 Å². The van der Waals surface area contributed by atoms with Crippen LogP contribution >= 0.6 is 27.7 Å². The van der Waals surface area contributed by atoms with Crippen molar-refractivity contribution in [3.8, 4) is 0 Å². The maximum absolute atomic E-state index is 11.7. The summed E-state index contributed by atoms with van der Waals surface area (Å²) in [6.07, 6.45) is 4.11. The van der Waals surface area contributed by atoms with Crippen LogP contribution < -0.4 is 5.32 Å². The van der Waals surface area contributed by atoms with Crippen LogP contribution in [0.2, 0.25) is 0 Å². The highest BCUT2D eigenvalue weighted by Gasteiger charge is 2.16. The number of nitrogens with one attached hydrogen (secondary N) is 1. The van der Waals surface area contributed by atoms with E-state index in [1.807, 2.05) is 17.8 Å². The molecule has 2 rings (SSSR count). The van der Waals surface area contributed by atoms with Gasteiger partial charge in [-0.15, -0.1) is 0 Å². The molecule has 0 radical (unpaired) electrons. The Morgan fingerprint density at radius 2 is 2.50 bits per heavy atom. The van der Waals surface area contributed by atoms with Gasteiger partial charge in [0.05, 0.1) is 0 Å². The molecule has 1 aliphatic heterocycles. The lowest BCUT2D eigenvalue weighted by molar-refractivity contribution is 0.0948. The highest BCUT2D eigenvalue weighted by molar-refractivity contribution is 9.10. The third-order valence-electron chi connectivity index (χ3n) is 2.47. The van der Waals surface area contributed by atoms with Crippen molar-refractivity contribution in [2.75, 3.05) is 12.3 Å². The normalized spacial score (nSPS) is 19.7. The summed E-state index contributed by atoms with van der Waals surface area (Å²) >= 11 is 5.23. The molecule has 1 aliphatic rings. The molecule has 1 saturated heterocycles. The van der Waals surface area contributed by atoms with E-state index in [1.165, 1.54) is 18.6 Å². The average molecular weight is 301 g/mol. The number of carbonyl (C=O) groups is 1. The van der Waals surface area contributed by atoms with E-state index in [0.29, 0.717) is 10.9 Å². The number of carbonyl (C=O) groups excluding carboxylic acids is 1. The number of nitrogens with zero attached hydrogens (tertiary/aromatic N) is 1. The Morgan fingerprint density at radius 3 is 3.12 bits per heavy atom. The van der Waals surface area contributed by atoms with E-state index in [9.17, 15) is 4.79 Å². The largest absolute Gasteiger partial charge is 0.350 e. The van der Waals surface area contributed by atoms with Crippen molar-refractivity contribution in [3.63, 3.8) is 0 Å². The highest BCUT2D eigenvalue weighted by Crippen LogP contribution is 2.25. The average Bonchev–Trinajstić information content (AvgIpc) is 2.80. The van der Waals surface area contributed by atoms with Gasteiger partial charge in [-0.1, -0.05) is 0 Å². The number of rotatable bonds is 3. The number of hydrogen-bond acceptors (Lipinski definition) is 3. The van der Waals surface area contributed by atoms with E-state index in [1.54, 1.807) is 12.3 Å². The van der Waals surface area contributed by atoms with Crippen LogP contribution in [0.4, 0.5) is 0 Å². The van der Waals surface area contributed by atoms with Gasteiger partial charge in [0, 0.05) is 22.5 Å². The molecule has 1 aromatic rings. The first-order chi connectivity index (χ1) is 7.75. The van der Waals surface area contributed by atoms with E-state index in [0.717, 1.165) is 11.0 Å². The lowest BCUT2D eigenvalue weighted by Crippen LogP contribution is -2.30. The molecule has 1 aromatic heterocycles. The summed E-state index contributed by atoms with van der Waals surface area (Å²) in [5, 5.41) is 3.51. The number of halogens is 1. The minimum Gasteiger partial charge on any atom is -0.350 e. The quantitative estimate of drug-likeness (QED) is 0.932. The number of pyridine rings is 1. The van der Waals surface area contributed by atoms with Crippen LogP contribution in [0.5, 0.6) is 0 Å². The Morgan fingerprint density at radius 1 is 1.62 bits per heavy atom. The molecule has 1 unspecified atom stereocenters. The first-order valence-electron chi connectivity index (χ1n) is 5.27. The van der Waals surface area contributed by atoms with Gasteiger partial charge in [0.15, 0.2) is 0 Å². The van der Waals surface area contributed by atoms with Crippen molar-refractivity contribution >= 4 is 33.6 Å². The fourth-order valence-corrected chi connectivity index (χ4v) is 3.05. The molecular weight excluding hydrogens is 288 g/mol. The van der Waals surface area contributed by atoms with Gasteiger partial charge in [0.1, 0.15) is 5.69 Å². The minimum absolute atomic E-state index is 0.0833. The first kappa shape index (κ1) is 11.9. The standard InChI is InChI=1S/C11H13BrN2OS/c12-8-3-4-10(13-6-8)11(15)14-7-9-2-1-5-16-9/h3-4,6,9H,1-2,5,7H2,(H,14,15). The third-order valence-corrected chi connectivity index (χ3v) is 4.34. The van der Waals surface area contributed by atoms with Crippen LogP contribution in [0, 0.1) is 0 Å². The van der Waals surface area contributed by atoms with Crippen molar-refractivity contribution in [1.29, 1.82) is 0 Å².